The summed E-state index contributed by atoms with van der Waals surface area (Å²) in [6.45, 7) is 5.50. The van der Waals surface area contributed by atoms with Gasteiger partial charge in [0, 0.05) is 36.0 Å². The van der Waals surface area contributed by atoms with Gasteiger partial charge in [0.25, 0.3) is 5.91 Å². The van der Waals surface area contributed by atoms with E-state index >= 15 is 0 Å². The predicted octanol–water partition coefficient (Wildman–Crippen LogP) is 2.66. The summed E-state index contributed by atoms with van der Waals surface area (Å²) in [5, 5.41) is 9.61. The van der Waals surface area contributed by atoms with Crippen molar-refractivity contribution >= 4 is 23.3 Å². The van der Waals surface area contributed by atoms with Crippen molar-refractivity contribution in [3.05, 3.63) is 42.1 Å². The van der Waals surface area contributed by atoms with Crippen molar-refractivity contribution in [1.82, 2.24) is 9.78 Å². The Labute approximate surface area is 129 Å². The van der Waals surface area contributed by atoms with Crippen LogP contribution in [-0.2, 0) is 11.8 Å². The SMILES string of the molecule is Cn1ccc(NC(=O)c2cccc(NC(=O)C(C)(C)C)c2)n1. The Bertz CT molecular complexity index is 698. The van der Waals surface area contributed by atoms with Crippen LogP contribution in [0.5, 0.6) is 0 Å². The van der Waals surface area contributed by atoms with Crippen molar-refractivity contribution in [2.45, 2.75) is 20.8 Å². The lowest BCUT2D eigenvalue weighted by Crippen LogP contribution is -2.27. The maximum absolute atomic E-state index is 12.2. The third-order valence-electron chi connectivity index (χ3n) is 3.02. The summed E-state index contributed by atoms with van der Waals surface area (Å²) in [6, 6.07) is 8.52. The molecule has 1 aromatic heterocycles. The Morgan fingerprint density at radius 3 is 2.45 bits per heavy atom. The molecule has 1 aromatic carbocycles. The van der Waals surface area contributed by atoms with E-state index in [-0.39, 0.29) is 11.8 Å². The van der Waals surface area contributed by atoms with Crippen molar-refractivity contribution in [2.24, 2.45) is 12.5 Å². The van der Waals surface area contributed by atoms with E-state index in [9.17, 15) is 9.59 Å². The van der Waals surface area contributed by atoms with Crippen LogP contribution < -0.4 is 10.6 Å². The first-order valence-electron chi connectivity index (χ1n) is 6.98. The number of carbonyl (C=O) groups excluding carboxylic acids is 2. The van der Waals surface area contributed by atoms with Gasteiger partial charge in [0.05, 0.1) is 0 Å². The molecule has 0 saturated carbocycles. The second kappa shape index (κ2) is 6.01. The minimum atomic E-state index is -0.494. The number of benzene rings is 1. The zero-order valence-electron chi connectivity index (χ0n) is 13.2. The molecule has 2 aromatic rings. The van der Waals surface area contributed by atoms with Crippen LogP contribution in [0.25, 0.3) is 0 Å². The minimum absolute atomic E-state index is 0.102. The van der Waals surface area contributed by atoms with Gasteiger partial charge in [-0.3, -0.25) is 14.3 Å². The Morgan fingerprint density at radius 1 is 1.14 bits per heavy atom. The lowest BCUT2D eigenvalue weighted by Gasteiger charge is -2.17. The number of hydrogen-bond donors (Lipinski definition) is 2. The third-order valence-corrected chi connectivity index (χ3v) is 3.02. The smallest absolute Gasteiger partial charge is 0.256 e. The fraction of sp³-hybridized carbons (Fsp3) is 0.312. The summed E-state index contributed by atoms with van der Waals surface area (Å²) in [6.07, 6.45) is 1.75. The Hall–Kier alpha value is -2.63. The quantitative estimate of drug-likeness (QED) is 0.915. The van der Waals surface area contributed by atoms with Gasteiger partial charge < -0.3 is 10.6 Å². The lowest BCUT2D eigenvalue weighted by atomic mass is 9.95. The van der Waals surface area contributed by atoms with Gasteiger partial charge in [0.2, 0.25) is 5.91 Å². The van der Waals surface area contributed by atoms with Crippen LogP contribution in [0.2, 0.25) is 0 Å². The normalized spacial score (nSPS) is 11.1. The molecule has 1 heterocycles. The van der Waals surface area contributed by atoms with Crippen molar-refractivity contribution in [1.29, 1.82) is 0 Å². The van der Waals surface area contributed by atoms with Gasteiger partial charge >= 0.3 is 0 Å². The number of aromatic nitrogens is 2. The van der Waals surface area contributed by atoms with E-state index in [1.807, 2.05) is 20.8 Å². The largest absolute Gasteiger partial charge is 0.326 e. The highest BCUT2D eigenvalue weighted by Gasteiger charge is 2.21. The molecule has 22 heavy (non-hydrogen) atoms. The first-order chi connectivity index (χ1) is 10.3. The van der Waals surface area contributed by atoms with E-state index in [0.29, 0.717) is 17.1 Å². The Morgan fingerprint density at radius 2 is 1.86 bits per heavy atom. The third kappa shape index (κ3) is 3.94. The molecule has 0 fully saturated rings. The van der Waals surface area contributed by atoms with E-state index in [4.69, 9.17) is 0 Å². The van der Waals surface area contributed by atoms with Gasteiger partial charge in [0.1, 0.15) is 0 Å². The monoisotopic (exact) mass is 300 g/mol. The molecule has 0 radical (unpaired) electrons. The van der Waals surface area contributed by atoms with Crippen LogP contribution in [0.1, 0.15) is 31.1 Å². The highest BCUT2D eigenvalue weighted by atomic mass is 16.2. The summed E-state index contributed by atoms with van der Waals surface area (Å²) in [7, 11) is 1.78. The number of nitrogens with one attached hydrogen (secondary N) is 2. The lowest BCUT2D eigenvalue weighted by molar-refractivity contribution is -0.123. The topological polar surface area (TPSA) is 76.0 Å². The minimum Gasteiger partial charge on any atom is -0.326 e. The summed E-state index contributed by atoms with van der Waals surface area (Å²) >= 11 is 0. The number of anilines is 2. The summed E-state index contributed by atoms with van der Waals surface area (Å²) in [5.74, 6) is 0.108. The second-order valence-electron chi connectivity index (χ2n) is 6.11. The predicted molar refractivity (Wildman–Crippen MR) is 85.7 cm³/mol. The molecule has 116 valence electrons. The number of rotatable bonds is 3. The van der Waals surface area contributed by atoms with Crippen LogP contribution >= 0.6 is 0 Å². The van der Waals surface area contributed by atoms with Gasteiger partial charge in [0.15, 0.2) is 5.82 Å². The number of amides is 2. The molecule has 0 bridgehead atoms. The van der Waals surface area contributed by atoms with Crippen LogP contribution in [0.4, 0.5) is 11.5 Å². The van der Waals surface area contributed by atoms with Crippen LogP contribution in [0.15, 0.2) is 36.5 Å². The van der Waals surface area contributed by atoms with Crippen molar-refractivity contribution < 1.29 is 9.59 Å². The van der Waals surface area contributed by atoms with Gasteiger partial charge in [-0.1, -0.05) is 26.8 Å². The number of carbonyl (C=O) groups is 2. The van der Waals surface area contributed by atoms with Crippen molar-refractivity contribution in [3.8, 4) is 0 Å². The van der Waals surface area contributed by atoms with E-state index < -0.39 is 5.41 Å². The molecule has 0 saturated heterocycles. The molecule has 6 nitrogen and oxygen atoms in total. The van der Waals surface area contributed by atoms with E-state index in [2.05, 4.69) is 15.7 Å². The number of aryl methyl sites for hydroxylation is 1. The molecule has 0 aliphatic heterocycles. The van der Waals surface area contributed by atoms with E-state index in [1.165, 1.54) is 0 Å². The molecule has 2 N–H and O–H groups in total. The Kier molecular flexibility index (Phi) is 4.30. The average Bonchev–Trinajstić information content (AvgIpc) is 2.83. The summed E-state index contributed by atoms with van der Waals surface area (Å²) in [4.78, 5) is 24.2. The molecule has 0 spiro atoms. The second-order valence-corrected chi connectivity index (χ2v) is 6.11. The zero-order valence-corrected chi connectivity index (χ0v) is 13.2. The van der Waals surface area contributed by atoms with Gasteiger partial charge in [-0.25, -0.2) is 0 Å². The van der Waals surface area contributed by atoms with E-state index in [0.717, 1.165) is 0 Å². The fourth-order valence-corrected chi connectivity index (χ4v) is 1.73. The molecule has 6 heteroatoms. The molecule has 2 rings (SSSR count). The molecular weight excluding hydrogens is 280 g/mol. The average molecular weight is 300 g/mol. The fourth-order valence-electron chi connectivity index (χ4n) is 1.73. The van der Waals surface area contributed by atoms with Crippen LogP contribution in [-0.4, -0.2) is 21.6 Å². The zero-order chi connectivity index (χ0) is 16.3. The standard InChI is InChI=1S/C16H20N4O2/c1-16(2,3)15(22)17-12-7-5-6-11(10-12)14(21)18-13-8-9-20(4)19-13/h5-10H,1-4H3,(H,17,22)(H,18,19,21). The molecular formula is C16H20N4O2. The molecule has 0 aliphatic rings. The molecule has 0 atom stereocenters. The van der Waals surface area contributed by atoms with Crippen LogP contribution in [0, 0.1) is 5.41 Å². The summed E-state index contributed by atoms with van der Waals surface area (Å²) < 4.78 is 1.61. The molecule has 0 unspecified atom stereocenters. The van der Waals surface area contributed by atoms with Gasteiger partial charge in [-0.15, -0.1) is 0 Å². The number of hydrogen-bond acceptors (Lipinski definition) is 3. The Balaban J connectivity index is 2.11. The van der Waals surface area contributed by atoms with E-state index in [1.54, 1.807) is 48.3 Å². The maximum Gasteiger partial charge on any atom is 0.256 e. The first kappa shape index (κ1) is 15.8. The first-order valence-corrected chi connectivity index (χ1v) is 6.98. The maximum atomic E-state index is 12.2. The van der Waals surface area contributed by atoms with Crippen LogP contribution in [0.3, 0.4) is 0 Å². The highest BCUT2D eigenvalue weighted by Crippen LogP contribution is 2.18. The molecule has 2 amide bonds. The van der Waals surface area contributed by atoms with Gasteiger partial charge in [-0.2, -0.15) is 5.10 Å². The van der Waals surface area contributed by atoms with Crippen molar-refractivity contribution in [2.75, 3.05) is 10.6 Å². The summed E-state index contributed by atoms with van der Waals surface area (Å²) in [5.41, 5.74) is 0.553. The highest BCUT2D eigenvalue weighted by molar-refractivity contribution is 6.05. The number of nitrogens with zero attached hydrogens (tertiary/aromatic N) is 2. The van der Waals surface area contributed by atoms with Crippen molar-refractivity contribution in [3.63, 3.8) is 0 Å². The molecule has 0 aliphatic carbocycles. The van der Waals surface area contributed by atoms with Gasteiger partial charge in [-0.05, 0) is 18.2 Å².